The molecule has 3 nitrogen and oxygen atoms in total. The number of carboxylic acids is 1. The molecule has 2 rings (SSSR count). The predicted octanol–water partition coefficient (Wildman–Crippen LogP) is 5.08. The maximum atomic E-state index is 12.3. The summed E-state index contributed by atoms with van der Waals surface area (Å²) in [7, 11) is 1.65. The van der Waals surface area contributed by atoms with E-state index in [0.717, 1.165) is 43.4 Å². The van der Waals surface area contributed by atoms with Gasteiger partial charge in [-0.25, -0.2) is 0 Å². The Morgan fingerprint density at radius 2 is 1.87 bits per heavy atom. The molecular weight excluding hydrogens is 288 g/mol. The van der Waals surface area contributed by atoms with Gasteiger partial charge in [0.05, 0.1) is 12.5 Å². The van der Waals surface area contributed by atoms with Gasteiger partial charge in [-0.15, -0.1) is 0 Å². The standard InChI is InChI=1S/C20H30O3/c1-3-4-14-20(19(21)22,17-8-6-5-7-9-17)15-16-10-12-18(23-2)13-11-16/h10-13,17H,3-9,14-15H2,1-2H3,(H,21,22)/t20-/m1/s1. The van der Waals surface area contributed by atoms with E-state index in [0.29, 0.717) is 12.3 Å². The molecule has 1 aliphatic carbocycles. The van der Waals surface area contributed by atoms with Gasteiger partial charge in [0.15, 0.2) is 0 Å². The molecule has 1 aliphatic rings. The topological polar surface area (TPSA) is 46.5 Å². The fourth-order valence-electron chi connectivity index (χ4n) is 4.05. The van der Waals surface area contributed by atoms with Crippen LogP contribution in [0.5, 0.6) is 5.75 Å². The van der Waals surface area contributed by atoms with Crippen molar-refractivity contribution in [1.82, 2.24) is 0 Å². The van der Waals surface area contributed by atoms with Crippen molar-refractivity contribution >= 4 is 5.97 Å². The van der Waals surface area contributed by atoms with Crippen LogP contribution < -0.4 is 4.74 Å². The van der Waals surface area contributed by atoms with Crippen LogP contribution in [0.1, 0.15) is 63.9 Å². The Hall–Kier alpha value is -1.51. The largest absolute Gasteiger partial charge is 0.497 e. The lowest BCUT2D eigenvalue weighted by molar-refractivity contribution is -0.154. The number of benzene rings is 1. The molecule has 23 heavy (non-hydrogen) atoms. The van der Waals surface area contributed by atoms with E-state index in [-0.39, 0.29) is 0 Å². The number of carboxylic acid groups (broad SMARTS) is 1. The lowest BCUT2D eigenvalue weighted by atomic mass is 9.63. The van der Waals surface area contributed by atoms with Crippen molar-refractivity contribution in [2.75, 3.05) is 7.11 Å². The van der Waals surface area contributed by atoms with Crippen LogP contribution in [0.3, 0.4) is 0 Å². The van der Waals surface area contributed by atoms with Gasteiger partial charge in [-0.05, 0) is 49.3 Å². The number of carbonyl (C=O) groups is 1. The van der Waals surface area contributed by atoms with Gasteiger partial charge in [0.25, 0.3) is 0 Å². The van der Waals surface area contributed by atoms with E-state index in [2.05, 4.69) is 6.92 Å². The van der Waals surface area contributed by atoms with Crippen molar-refractivity contribution in [3.05, 3.63) is 29.8 Å². The van der Waals surface area contributed by atoms with E-state index in [1.165, 1.54) is 19.3 Å². The number of hydrogen-bond donors (Lipinski definition) is 1. The lowest BCUT2D eigenvalue weighted by Crippen LogP contribution is -2.42. The van der Waals surface area contributed by atoms with Gasteiger partial charge in [-0.1, -0.05) is 51.2 Å². The van der Waals surface area contributed by atoms with Gasteiger partial charge in [0.2, 0.25) is 0 Å². The number of unbranched alkanes of at least 4 members (excludes halogenated alkanes) is 1. The SMILES string of the molecule is CCCC[C@](Cc1ccc(OC)cc1)(C(=O)O)C1CCCCC1. The second-order valence-electron chi connectivity index (χ2n) is 6.92. The average Bonchev–Trinajstić information content (AvgIpc) is 2.59. The first-order valence-corrected chi connectivity index (χ1v) is 8.98. The summed E-state index contributed by atoms with van der Waals surface area (Å²) in [6.07, 6.45) is 9.18. The second-order valence-corrected chi connectivity index (χ2v) is 6.92. The van der Waals surface area contributed by atoms with Crippen molar-refractivity contribution in [2.24, 2.45) is 11.3 Å². The van der Waals surface area contributed by atoms with Crippen molar-refractivity contribution in [3.63, 3.8) is 0 Å². The van der Waals surface area contributed by atoms with E-state index in [4.69, 9.17) is 4.74 Å². The van der Waals surface area contributed by atoms with Crippen molar-refractivity contribution in [1.29, 1.82) is 0 Å². The summed E-state index contributed by atoms with van der Waals surface area (Å²) in [4.78, 5) is 12.3. The first kappa shape index (κ1) is 17.8. The summed E-state index contributed by atoms with van der Waals surface area (Å²) >= 11 is 0. The third-order valence-electron chi connectivity index (χ3n) is 5.47. The summed E-state index contributed by atoms with van der Waals surface area (Å²) in [6.45, 7) is 2.14. The zero-order chi connectivity index (χ0) is 16.7. The molecule has 0 radical (unpaired) electrons. The van der Waals surface area contributed by atoms with E-state index < -0.39 is 11.4 Å². The lowest BCUT2D eigenvalue weighted by Gasteiger charge is -2.40. The van der Waals surface area contributed by atoms with Gasteiger partial charge in [-0.2, -0.15) is 0 Å². The van der Waals surface area contributed by atoms with Gasteiger partial charge < -0.3 is 9.84 Å². The number of aliphatic carboxylic acids is 1. The monoisotopic (exact) mass is 318 g/mol. The van der Waals surface area contributed by atoms with Gasteiger partial charge in [0.1, 0.15) is 5.75 Å². The Morgan fingerprint density at radius 3 is 2.39 bits per heavy atom. The van der Waals surface area contributed by atoms with E-state index in [1.807, 2.05) is 24.3 Å². The molecule has 0 heterocycles. The van der Waals surface area contributed by atoms with Crippen LogP contribution in [0.4, 0.5) is 0 Å². The molecule has 0 amide bonds. The highest BCUT2D eigenvalue weighted by Gasteiger charge is 2.45. The van der Waals surface area contributed by atoms with E-state index in [9.17, 15) is 9.90 Å². The Kier molecular flexibility index (Phi) is 6.49. The fraction of sp³-hybridized carbons (Fsp3) is 0.650. The van der Waals surface area contributed by atoms with Crippen LogP contribution in [-0.2, 0) is 11.2 Å². The van der Waals surface area contributed by atoms with Crippen LogP contribution in [-0.4, -0.2) is 18.2 Å². The summed E-state index contributed by atoms with van der Waals surface area (Å²) < 4.78 is 5.21. The molecule has 0 aliphatic heterocycles. The second kappa shape index (κ2) is 8.37. The Labute approximate surface area is 140 Å². The molecule has 0 unspecified atom stereocenters. The molecule has 1 aromatic rings. The predicted molar refractivity (Wildman–Crippen MR) is 92.9 cm³/mol. The first-order chi connectivity index (χ1) is 11.1. The third-order valence-corrected chi connectivity index (χ3v) is 5.47. The minimum absolute atomic E-state index is 0.308. The fourth-order valence-corrected chi connectivity index (χ4v) is 4.05. The zero-order valence-corrected chi connectivity index (χ0v) is 14.5. The normalized spacial score (nSPS) is 18.3. The van der Waals surface area contributed by atoms with Gasteiger partial charge >= 0.3 is 5.97 Å². The van der Waals surface area contributed by atoms with Crippen LogP contribution in [0.25, 0.3) is 0 Å². The van der Waals surface area contributed by atoms with Crippen molar-refractivity contribution in [2.45, 2.75) is 64.7 Å². The molecule has 0 aromatic heterocycles. The summed E-state index contributed by atoms with van der Waals surface area (Å²) in [5, 5.41) is 10.1. The summed E-state index contributed by atoms with van der Waals surface area (Å²) in [6, 6.07) is 7.90. The van der Waals surface area contributed by atoms with E-state index in [1.54, 1.807) is 7.11 Å². The highest BCUT2D eigenvalue weighted by molar-refractivity contribution is 5.75. The molecule has 1 N–H and O–H groups in total. The number of rotatable bonds is 8. The molecule has 0 saturated heterocycles. The molecule has 0 bridgehead atoms. The molecule has 1 saturated carbocycles. The molecule has 128 valence electrons. The minimum atomic E-state index is -0.606. The molecule has 1 fully saturated rings. The zero-order valence-electron chi connectivity index (χ0n) is 14.5. The molecule has 0 spiro atoms. The van der Waals surface area contributed by atoms with Crippen molar-refractivity contribution in [3.8, 4) is 5.75 Å². The molecule has 3 heteroatoms. The molecule has 1 aromatic carbocycles. The maximum absolute atomic E-state index is 12.3. The molecular formula is C20H30O3. The van der Waals surface area contributed by atoms with E-state index >= 15 is 0 Å². The maximum Gasteiger partial charge on any atom is 0.310 e. The van der Waals surface area contributed by atoms with Crippen LogP contribution in [0, 0.1) is 11.3 Å². The highest BCUT2D eigenvalue weighted by atomic mass is 16.5. The third kappa shape index (κ3) is 4.27. The quantitative estimate of drug-likeness (QED) is 0.727. The van der Waals surface area contributed by atoms with Crippen LogP contribution in [0.15, 0.2) is 24.3 Å². The Bertz CT molecular complexity index is 488. The Morgan fingerprint density at radius 1 is 1.22 bits per heavy atom. The van der Waals surface area contributed by atoms with Crippen molar-refractivity contribution < 1.29 is 14.6 Å². The summed E-state index contributed by atoms with van der Waals surface area (Å²) in [5.74, 6) is 0.525. The number of methoxy groups -OCH3 is 1. The smallest absolute Gasteiger partial charge is 0.310 e. The molecule has 1 atom stereocenters. The van der Waals surface area contributed by atoms with Gasteiger partial charge in [-0.3, -0.25) is 4.79 Å². The summed E-state index contributed by atoms with van der Waals surface area (Å²) in [5.41, 5.74) is 0.500. The Balaban J connectivity index is 2.27. The van der Waals surface area contributed by atoms with Gasteiger partial charge in [0, 0.05) is 0 Å². The van der Waals surface area contributed by atoms with Crippen LogP contribution in [0.2, 0.25) is 0 Å². The first-order valence-electron chi connectivity index (χ1n) is 8.98. The average molecular weight is 318 g/mol. The minimum Gasteiger partial charge on any atom is -0.497 e. The number of hydrogen-bond acceptors (Lipinski definition) is 2. The number of ether oxygens (including phenoxy) is 1. The highest BCUT2D eigenvalue weighted by Crippen LogP contribution is 2.45. The van der Waals surface area contributed by atoms with Crippen LogP contribution >= 0.6 is 0 Å².